The molecule has 3 N–H and O–H groups in total. The number of para-hydroxylation sites is 7. The number of Topliss-reactive ketones (excluding diaryl/α,β-unsaturated/α-hetero) is 4. The molecule has 0 amide bonds. The minimum Gasteiger partial charge on any atom is -0.474 e. The summed E-state index contributed by atoms with van der Waals surface area (Å²) in [6.07, 6.45) is 15.9. The number of ketones is 4. The Morgan fingerprint density at radius 2 is 0.647 bits per heavy atom. The van der Waals surface area contributed by atoms with Gasteiger partial charge < -0.3 is 57.6 Å². The van der Waals surface area contributed by atoms with E-state index in [0.29, 0.717) is 158 Å². The molecule has 9 aliphatic rings. The van der Waals surface area contributed by atoms with E-state index in [2.05, 4.69) is 54.8 Å². The fourth-order valence-electron chi connectivity index (χ4n) is 17.3. The van der Waals surface area contributed by atoms with Gasteiger partial charge in [0, 0.05) is 106 Å². The average Bonchev–Trinajstić information content (AvgIpc) is 1.07. The Hall–Kier alpha value is -11.0. The molecular formula is C91H93F4N11O13. The highest BCUT2D eigenvalue weighted by molar-refractivity contribution is 6.44. The maximum absolute atomic E-state index is 13.9. The predicted molar refractivity (Wildman–Crippen MR) is 431 cm³/mol. The summed E-state index contributed by atoms with van der Waals surface area (Å²) in [4.78, 5) is 95.3. The van der Waals surface area contributed by atoms with Crippen molar-refractivity contribution in [3.05, 3.63) is 215 Å². The third-order valence-electron chi connectivity index (χ3n) is 24.3. The number of rotatable bonds is 22. The molecule has 119 heavy (non-hydrogen) atoms. The van der Waals surface area contributed by atoms with Gasteiger partial charge in [0.2, 0.25) is 40.9 Å². The van der Waals surface area contributed by atoms with E-state index in [0.717, 1.165) is 118 Å². The minimum atomic E-state index is -0.358. The molecule has 11 aromatic rings. The smallest absolute Gasteiger partial charge is 0.217 e. The fourth-order valence-corrected chi connectivity index (χ4v) is 17.3. The topological polar surface area (TPSA) is 301 Å². The lowest BCUT2D eigenvalue weighted by atomic mass is 9.76. The van der Waals surface area contributed by atoms with E-state index >= 15 is 0 Å². The highest BCUT2D eigenvalue weighted by Gasteiger charge is 2.45. The molecule has 1 unspecified atom stereocenters. The number of nitrogens with zero attached hydrogens (tertiary/aromatic N) is 8. The van der Waals surface area contributed by atoms with Crippen LogP contribution >= 0.6 is 0 Å². The van der Waals surface area contributed by atoms with Crippen LogP contribution in [0.4, 0.5) is 23.2 Å². The fraction of sp³-hybridized carbons (Fsp3) is 0.429. The molecule has 4 aromatic carbocycles. The van der Waals surface area contributed by atoms with Crippen molar-refractivity contribution in [2.45, 2.75) is 157 Å². The molecule has 8 fully saturated rings. The third-order valence-corrected chi connectivity index (χ3v) is 24.3. The maximum Gasteiger partial charge on any atom is 0.217 e. The summed E-state index contributed by atoms with van der Waals surface area (Å²) < 4.78 is 107. The zero-order valence-corrected chi connectivity index (χ0v) is 65.9. The molecule has 7 aromatic heterocycles. The zero-order valence-electron chi connectivity index (χ0n) is 65.9. The number of methoxy groups -OCH3 is 1. The van der Waals surface area contributed by atoms with Crippen molar-refractivity contribution in [2.24, 2.45) is 28.7 Å². The predicted octanol–water partition coefficient (Wildman–Crippen LogP) is 16.5. The molecule has 12 heterocycles. The number of carbonyl (C=O) groups excluding carboxylic acids is 4. The van der Waals surface area contributed by atoms with Crippen LogP contribution in [-0.2, 0) is 28.5 Å². The number of halogens is 4. The van der Waals surface area contributed by atoms with E-state index in [9.17, 15) is 36.7 Å². The Balaban J connectivity index is 0.000000114. The summed E-state index contributed by atoms with van der Waals surface area (Å²) in [5.74, 6) is 1.96. The van der Waals surface area contributed by atoms with Crippen LogP contribution < -0.4 is 18.9 Å². The molecule has 0 spiro atoms. The van der Waals surface area contributed by atoms with Crippen molar-refractivity contribution in [3.63, 3.8) is 0 Å². The molecule has 4 aliphatic carbocycles. The molecule has 20 rings (SSSR count). The van der Waals surface area contributed by atoms with Gasteiger partial charge in [-0.1, -0.05) is 54.6 Å². The van der Waals surface area contributed by atoms with Crippen LogP contribution in [0.2, 0.25) is 0 Å². The van der Waals surface area contributed by atoms with Gasteiger partial charge in [0.15, 0.2) is 23.3 Å². The van der Waals surface area contributed by atoms with E-state index in [4.69, 9.17) is 42.6 Å². The number of ether oxygens (including phenoxy) is 9. The van der Waals surface area contributed by atoms with Crippen LogP contribution in [0.25, 0.3) is 33.1 Å². The van der Waals surface area contributed by atoms with E-state index in [1.54, 1.807) is 7.11 Å². The van der Waals surface area contributed by atoms with E-state index in [1.807, 2.05) is 97.1 Å². The number of imidazole rings is 3. The summed E-state index contributed by atoms with van der Waals surface area (Å²) in [5, 5.41) is 0. The van der Waals surface area contributed by atoms with Gasteiger partial charge in [-0.25, -0.2) is 57.4 Å². The van der Waals surface area contributed by atoms with Crippen molar-refractivity contribution >= 4 is 67.6 Å². The van der Waals surface area contributed by atoms with Crippen LogP contribution in [0, 0.1) is 46.9 Å². The van der Waals surface area contributed by atoms with Gasteiger partial charge in [-0.05, 0) is 199 Å². The van der Waals surface area contributed by atoms with Crippen LogP contribution in [-0.4, -0.2) is 170 Å². The average molecular weight is 1620 g/mol. The number of H-pyrrole nitrogens is 3. The van der Waals surface area contributed by atoms with Crippen molar-refractivity contribution in [1.82, 2.24) is 49.8 Å². The van der Waals surface area contributed by atoms with E-state index < -0.39 is 0 Å². The zero-order chi connectivity index (χ0) is 81.5. The van der Waals surface area contributed by atoms with Gasteiger partial charge in [-0.3, -0.25) is 19.2 Å². The van der Waals surface area contributed by atoms with Gasteiger partial charge in [0.05, 0.1) is 81.8 Å². The highest BCUT2D eigenvalue weighted by atomic mass is 19.1. The highest BCUT2D eigenvalue weighted by Crippen LogP contribution is 2.45. The first-order valence-corrected chi connectivity index (χ1v) is 41.4. The van der Waals surface area contributed by atoms with Crippen LogP contribution in [0.15, 0.2) is 151 Å². The molecule has 24 nitrogen and oxygen atoms in total. The summed E-state index contributed by atoms with van der Waals surface area (Å²) >= 11 is 0. The monoisotopic (exact) mass is 1620 g/mol. The quantitative estimate of drug-likeness (QED) is 0.0419. The lowest BCUT2D eigenvalue weighted by Crippen LogP contribution is -2.42. The van der Waals surface area contributed by atoms with E-state index in [-0.39, 0.29) is 124 Å². The van der Waals surface area contributed by atoms with Crippen LogP contribution in [0.5, 0.6) is 23.5 Å². The standard InChI is InChI=1S/C25H27FN2O4.3C22H22FN3O3/c1-30-14-21-19-4-2-3-5-22(19)28-23(21)24(29)16-10-18(11-16)32-25-20(12-17(26)13-27-25)15-6-8-31-9-7-15;3*23-15-11-17(13-5-7-28-8-6-13)22(24-12-15)29-16-9-14(10-16)20(27)21-25-18-3-1-2-4-19(18)26-21/h2-5,12-13,15-16,18,21H,6-11,14H2,1H3;3*1-4,11-14,16H,5-10H2,(H,25,26). The Bertz CT molecular complexity index is 4980. The lowest BCUT2D eigenvalue weighted by Gasteiger charge is -2.35. The van der Waals surface area contributed by atoms with Gasteiger partial charge in [-0.2, -0.15) is 0 Å². The number of pyridine rings is 4. The molecule has 5 aliphatic heterocycles. The Morgan fingerprint density at radius 3 is 0.941 bits per heavy atom. The number of aliphatic imine (C=N–C) groups is 1. The third kappa shape index (κ3) is 18.6. The molecule has 4 saturated carbocycles. The van der Waals surface area contributed by atoms with Gasteiger partial charge >= 0.3 is 0 Å². The van der Waals surface area contributed by atoms with Gasteiger partial charge in [0.25, 0.3) is 0 Å². The number of nitrogens with one attached hydrogen (secondary N) is 3. The van der Waals surface area contributed by atoms with Gasteiger partial charge in [-0.15, -0.1) is 0 Å². The molecule has 1 atom stereocenters. The molecule has 28 heteroatoms. The van der Waals surface area contributed by atoms with Crippen molar-refractivity contribution < 1.29 is 79.4 Å². The molecule has 0 bridgehead atoms. The maximum atomic E-state index is 13.9. The summed E-state index contributed by atoms with van der Waals surface area (Å²) in [6.45, 7) is 5.74. The van der Waals surface area contributed by atoms with E-state index in [1.165, 1.54) is 49.1 Å². The first kappa shape index (κ1) is 80.4. The van der Waals surface area contributed by atoms with Crippen LogP contribution in [0.1, 0.15) is 192 Å². The number of hydrogen-bond donors (Lipinski definition) is 3. The second-order valence-electron chi connectivity index (χ2n) is 32.2. The number of hydrogen-bond acceptors (Lipinski definition) is 21. The number of aromatic amines is 3. The molecule has 4 saturated heterocycles. The van der Waals surface area contributed by atoms with Crippen molar-refractivity contribution in [1.29, 1.82) is 0 Å². The normalized spacial score (nSPS) is 23.1. The molecular weight excluding hydrogens is 1530 g/mol. The summed E-state index contributed by atoms with van der Waals surface area (Å²) in [5.41, 5.74) is 10.7. The van der Waals surface area contributed by atoms with Crippen LogP contribution in [0.3, 0.4) is 0 Å². The number of carbonyl (C=O) groups is 4. The largest absolute Gasteiger partial charge is 0.474 e. The minimum absolute atomic E-state index is 0.0118. The first-order chi connectivity index (χ1) is 58.1. The number of fused-ring (bicyclic) bond motifs is 4. The van der Waals surface area contributed by atoms with Crippen molar-refractivity contribution in [3.8, 4) is 23.5 Å². The number of benzene rings is 4. The Morgan fingerprint density at radius 1 is 0.370 bits per heavy atom. The molecule has 0 radical (unpaired) electrons. The second kappa shape index (κ2) is 36.7. The first-order valence-electron chi connectivity index (χ1n) is 41.4. The summed E-state index contributed by atoms with van der Waals surface area (Å²) in [7, 11) is 1.64. The molecule has 618 valence electrons. The number of aromatic nitrogens is 10. The Labute approximate surface area is 683 Å². The lowest BCUT2D eigenvalue weighted by molar-refractivity contribution is -0.122. The SMILES string of the molecule is COCC1C(C(=O)C2CC(Oc3ncc(F)cc3C3CCOCC3)C2)=Nc2ccccc21.O=C(c1nc2ccccc2[nH]1)C1CC(Oc2ncc(F)cc2C2CCOCC2)C1.O=C(c1nc2ccccc2[nH]1)C1CC(Oc2ncc(F)cc2C2CCOCC2)C1.O=C(c1nc2ccccc2[nH]1)C1CC(Oc2ncc(F)cc2C2CCOCC2)C1. The summed E-state index contributed by atoms with van der Waals surface area (Å²) in [6, 6.07) is 36.7. The second-order valence-corrected chi connectivity index (χ2v) is 32.2. The van der Waals surface area contributed by atoms with Crippen molar-refractivity contribution in [2.75, 3.05) is 66.6 Å². The van der Waals surface area contributed by atoms with Gasteiger partial charge in [0.1, 0.15) is 47.7 Å². The Kier molecular flexibility index (Phi) is 24.8.